The van der Waals surface area contributed by atoms with Gasteiger partial charge in [-0.3, -0.25) is 0 Å². The lowest BCUT2D eigenvalue weighted by molar-refractivity contribution is -0.896. The fourth-order valence-corrected chi connectivity index (χ4v) is 0.333. The molecule has 0 fully saturated rings. The number of nitrogens with two attached hydrogens (primary N) is 1. The molecule has 7 heavy (non-hydrogen) atoms. The van der Waals surface area contributed by atoms with Crippen LogP contribution in [-0.4, -0.2) is 25.2 Å². The Bertz CT molecular complexity index is 61.0. The Morgan fingerprint density at radius 2 is 2.14 bits per heavy atom. The molecule has 42 valence electrons. The van der Waals surface area contributed by atoms with E-state index in [1.54, 1.807) is 6.08 Å². The number of rotatable bonds is 2. The van der Waals surface area contributed by atoms with E-state index in [1.807, 2.05) is 14.1 Å². The van der Waals surface area contributed by atoms with Crippen molar-refractivity contribution >= 4 is 0 Å². The molecule has 2 heteroatoms. The summed E-state index contributed by atoms with van der Waals surface area (Å²) in [6, 6.07) is 0. The van der Waals surface area contributed by atoms with E-state index in [0.29, 0.717) is 4.59 Å². The minimum Gasteiger partial charge on any atom is -0.250 e. The molecule has 0 aliphatic heterocycles. The minimum absolute atomic E-state index is 0.476. The van der Waals surface area contributed by atoms with Crippen LogP contribution in [0.4, 0.5) is 0 Å². The third kappa shape index (κ3) is 5.66. The van der Waals surface area contributed by atoms with Crippen LogP contribution in [0.2, 0.25) is 0 Å². The van der Waals surface area contributed by atoms with Crippen LogP contribution in [0.5, 0.6) is 0 Å². The van der Waals surface area contributed by atoms with Gasteiger partial charge < -0.3 is 0 Å². The zero-order chi connectivity index (χ0) is 5.91. The highest BCUT2D eigenvalue weighted by atomic mass is 15.5. The zero-order valence-corrected chi connectivity index (χ0v) is 5.02. The van der Waals surface area contributed by atoms with Crippen LogP contribution in [0.25, 0.3) is 0 Å². The average Bonchev–Trinajstić information content (AvgIpc) is 1.30. The third-order valence-electron chi connectivity index (χ3n) is 0.600. The Labute approximate surface area is 44.8 Å². The molecule has 0 aromatic carbocycles. The molecular weight excluding hydrogens is 88.1 g/mol. The van der Waals surface area contributed by atoms with E-state index in [9.17, 15) is 0 Å². The van der Waals surface area contributed by atoms with Gasteiger partial charge in [0, 0.05) is 0 Å². The van der Waals surface area contributed by atoms with Crippen molar-refractivity contribution in [2.75, 3.05) is 20.6 Å². The summed E-state index contributed by atoms with van der Waals surface area (Å²) in [4.78, 5) is 0. The van der Waals surface area contributed by atoms with E-state index in [2.05, 4.69) is 6.58 Å². The molecule has 2 N–H and O–H groups in total. The maximum atomic E-state index is 5.51. The van der Waals surface area contributed by atoms with Crippen LogP contribution in [-0.2, 0) is 0 Å². The maximum absolute atomic E-state index is 5.51. The van der Waals surface area contributed by atoms with Crippen LogP contribution in [0.3, 0.4) is 0 Å². The van der Waals surface area contributed by atoms with Crippen LogP contribution in [0.15, 0.2) is 12.7 Å². The monoisotopic (exact) mass is 101 g/mol. The second kappa shape index (κ2) is 2.09. The highest BCUT2D eigenvalue weighted by Crippen LogP contribution is 1.81. The molecule has 0 saturated carbocycles. The Balaban J connectivity index is 3.34. The molecule has 0 aliphatic rings. The maximum Gasteiger partial charge on any atom is 0.114 e. The van der Waals surface area contributed by atoms with Crippen LogP contribution >= 0.6 is 0 Å². The first-order chi connectivity index (χ1) is 3.06. The largest absolute Gasteiger partial charge is 0.250 e. The Hall–Kier alpha value is -0.340. The molecule has 0 rings (SSSR count). The first-order valence-corrected chi connectivity index (χ1v) is 2.29. The van der Waals surface area contributed by atoms with Crippen molar-refractivity contribution < 1.29 is 4.59 Å². The van der Waals surface area contributed by atoms with Crippen LogP contribution in [0.1, 0.15) is 0 Å². The minimum atomic E-state index is 0.476. The summed E-state index contributed by atoms with van der Waals surface area (Å²) in [5, 5.41) is 0. The van der Waals surface area contributed by atoms with Crippen molar-refractivity contribution in [1.82, 2.24) is 0 Å². The first kappa shape index (κ1) is 6.66. The number of nitrogens with zero attached hydrogens (tertiary/aromatic N) is 1. The molecule has 0 spiro atoms. The third-order valence-corrected chi connectivity index (χ3v) is 0.600. The quantitative estimate of drug-likeness (QED) is 0.227. The van der Waals surface area contributed by atoms with E-state index in [0.717, 1.165) is 6.54 Å². The lowest BCUT2D eigenvalue weighted by atomic mass is 10.6. The lowest BCUT2D eigenvalue weighted by Crippen LogP contribution is -2.46. The summed E-state index contributed by atoms with van der Waals surface area (Å²) in [7, 11) is 3.84. The van der Waals surface area contributed by atoms with Gasteiger partial charge in [0.2, 0.25) is 0 Å². The van der Waals surface area contributed by atoms with Gasteiger partial charge in [0.15, 0.2) is 0 Å². The number of hydrogen-bond donors (Lipinski definition) is 1. The molecule has 0 aliphatic carbocycles. The molecule has 0 amide bonds. The van der Waals surface area contributed by atoms with Gasteiger partial charge in [-0.15, -0.1) is 0 Å². The number of likely N-dealkylation sites (N-methyl/N-ethyl adjacent to an activating group) is 1. The fraction of sp³-hybridized carbons (Fsp3) is 0.600. The topological polar surface area (TPSA) is 26.0 Å². The average molecular weight is 101 g/mol. The summed E-state index contributed by atoms with van der Waals surface area (Å²) >= 11 is 0. The molecule has 0 bridgehead atoms. The van der Waals surface area contributed by atoms with Gasteiger partial charge in [0.25, 0.3) is 0 Å². The van der Waals surface area contributed by atoms with Crippen molar-refractivity contribution in [2.45, 2.75) is 0 Å². The highest BCUT2D eigenvalue weighted by molar-refractivity contribution is 4.62. The molecule has 0 unspecified atom stereocenters. The summed E-state index contributed by atoms with van der Waals surface area (Å²) in [6.45, 7) is 4.37. The van der Waals surface area contributed by atoms with Crippen LogP contribution in [0, 0.1) is 0 Å². The molecular formula is C5H13N2+. The predicted octanol–water partition coefficient (Wildman–Crippen LogP) is 0.122. The second-order valence-corrected chi connectivity index (χ2v) is 2.25. The van der Waals surface area contributed by atoms with Gasteiger partial charge in [-0.1, -0.05) is 6.58 Å². The van der Waals surface area contributed by atoms with Crippen molar-refractivity contribution in [3.8, 4) is 0 Å². The molecule has 0 aromatic rings. The predicted molar refractivity (Wildman–Crippen MR) is 31.4 cm³/mol. The standard InChI is InChI=1S/C5H13N2/c1-4-5-7(2,3)6/h4H,1,5-6H2,2-3H3/q+1. The summed E-state index contributed by atoms with van der Waals surface area (Å²) in [6.07, 6.45) is 1.81. The molecule has 0 radical (unpaired) electrons. The lowest BCUT2D eigenvalue weighted by Gasteiger charge is -2.19. The van der Waals surface area contributed by atoms with Crippen LogP contribution < -0.4 is 5.84 Å². The van der Waals surface area contributed by atoms with E-state index >= 15 is 0 Å². The van der Waals surface area contributed by atoms with E-state index in [1.165, 1.54) is 0 Å². The van der Waals surface area contributed by atoms with Gasteiger partial charge in [-0.05, 0) is 6.08 Å². The number of hydrogen-bond acceptors (Lipinski definition) is 1. The molecule has 0 heterocycles. The van der Waals surface area contributed by atoms with Crippen molar-refractivity contribution in [1.29, 1.82) is 0 Å². The second-order valence-electron chi connectivity index (χ2n) is 2.25. The van der Waals surface area contributed by atoms with Gasteiger partial charge in [-0.25, -0.2) is 4.59 Å². The van der Waals surface area contributed by atoms with Gasteiger partial charge in [0.05, 0.1) is 14.1 Å². The number of quaternary nitrogens is 1. The first-order valence-electron chi connectivity index (χ1n) is 2.29. The van der Waals surface area contributed by atoms with E-state index < -0.39 is 0 Å². The molecule has 0 aromatic heterocycles. The Kier molecular flexibility index (Phi) is 1.99. The molecule has 2 nitrogen and oxygen atoms in total. The van der Waals surface area contributed by atoms with Crippen molar-refractivity contribution in [3.63, 3.8) is 0 Å². The Morgan fingerprint density at radius 1 is 1.71 bits per heavy atom. The zero-order valence-electron chi connectivity index (χ0n) is 5.02. The normalized spacial score (nSPS) is 11.3. The summed E-state index contributed by atoms with van der Waals surface area (Å²) < 4.78 is 0.476. The van der Waals surface area contributed by atoms with E-state index in [4.69, 9.17) is 5.84 Å². The van der Waals surface area contributed by atoms with Gasteiger partial charge >= 0.3 is 0 Å². The molecule has 0 saturated heterocycles. The van der Waals surface area contributed by atoms with Gasteiger partial charge in [0.1, 0.15) is 6.54 Å². The van der Waals surface area contributed by atoms with Gasteiger partial charge in [-0.2, -0.15) is 5.84 Å². The Morgan fingerprint density at radius 3 is 2.14 bits per heavy atom. The van der Waals surface area contributed by atoms with Crippen molar-refractivity contribution in [2.24, 2.45) is 5.84 Å². The fourth-order valence-electron chi connectivity index (χ4n) is 0.333. The summed E-state index contributed by atoms with van der Waals surface area (Å²) in [5.74, 6) is 5.51. The highest BCUT2D eigenvalue weighted by Gasteiger charge is 2.00. The SMILES string of the molecule is C=CC[N+](C)(C)N. The summed E-state index contributed by atoms with van der Waals surface area (Å²) in [5.41, 5.74) is 0. The van der Waals surface area contributed by atoms with E-state index in [-0.39, 0.29) is 0 Å². The molecule has 0 atom stereocenters. The smallest absolute Gasteiger partial charge is 0.114 e. The van der Waals surface area contributed by atoms with Crippen molar-refractivity contribution in [3.05, 3.63) is 12.7 Å².